The Morgan fingerprint density at radius 1 is 0.333 bits per heavy atom. The van der Waals surface area contributed by atoms with E-state index in [0.717, 1.165) is 67.0 Å². The number of anilines is 3. The average Bonchev–Trinajstić information content (AvgIpc) is 3.74. The van der Waals surface area contributed by atoms with E-state index in [-0.39, 0.29) is 0 Å². The van der Waals surface area contributed by atoms with Crippen molar-refractivity contribution < 1.29 is 0 Å². The van der Waals surface area contributed by atoms with Crippen molar-refractivity contribution in [3.63, 3.8) is 0 Å². The van der Waals surface area contributed by atoms with Gasteiger partial charge in [0, 0.05) is 38.8 Å². The molecule has 11 aromatic rings. The molecule has 2 heterocycles. The molecule has 3 nitrogen and oxygen atoms in total. The fourth-order valence-corrected chi connectivity index (χ4v) is 8.72. The van der Waals surface area contributed by atoms with Crippen LogP contribution in [0.15, 0.2) is 237 Å². The number of rotatable bonds is 8. The summed E-state index contributed by atoms with van der Waals surface area (Å²) in [6, 6.07) is 84.7. The number of hydrogen-bond acceptors (Lipinski definition) is 2. The first kappa shape index (κ1) is 35.2. The van der Waals surface area contributed by atoms with Crippen LogP contribution in [0.2, 0.25) is 0 Å². The van der Waals surface area contributed by atoms with Gasteiger partial charge in [0.1, 0.15) is 5.69 Å². The van der Waals surface area contributed by atoms with Gasteiger partial charge in [0.25, 0.3) is 0 Å². The molecule has 0 radical (unpaired) electrons. The molecule has 0 N–H and O–H groups in total. The van der Waals surface area contributed by atoms with Gasteiger partial charge in [0.2, 0.25) is 0 Å². The Labute approximate surface area is 349 Å². The van der Waals surface area contributed by atoms with Crippen LogP contribution in [0.25, 0.3) is 83.0 Å². The minimum Gasteiger partial charge on any atom is -0.308 e. The zero-order valence-electron chi connectivity index (χ0n) is 32.9. The Hall–Kier alpha value is -8.01. The molecule has 0 fully saturated rings. The fourth-order valence-electron chi connectivity index (χ4n) is 8.72. The molecule has 9 aromatic carbocycles. The maximum Gasteiger partial charge on any atom is 0.101 e. The highest BCUT2D eigenvalue weighted by molar-refractivity contribution is 6.15. The highest BCUT2D eigenvalue weighted by Crippen LogP contribution is 2.49. The number of benzene rings is 9. The van der Waals surface area contributed by atoms with Crippen molar-refractivity contribution in [2.24, 2.45) is 0 Å². The molecule has 0 aliphatic heterocycles. The summed E-state index contributed by atoms with van der Waals surface area (Å²) in [4.78, 5) is 2.43. The van der Waals surface area contributed by atoms with Crippen LogP contribution in [0.4, 0.5) is 17.1 Å². The van der Waals surface area contributed by atoms with E-state index >= 15 is 0 Å². The van der Waals surface area contributed by atoms with Crippen LogP contribution in [0, 0.1) is 0 Å². The van der Waals surface area contributed by atoms with E-state index in [0.29, 0.717) is 0 Å². The molecule has 282 valence electrons. The zero-order chi connectivity index (χ0) is 39.8. The van der Waals surface area contributed by atoms with E-state index in [9.17, 15) is 0 Å². The van der Waals surface area contributed by atoms with Crippen molar-refractivity contribution in [2.45, 2.75) is 0 Å². The summed E-state index contributed by atoms with van der Waals surface area (Å²) >= 11 is 0. The van der Waals surface area contributed by atoms with Crippen LogP contribution in [0.3, 0.4) is 0 Å². The molecule has 3 heteroatoms. The van der Waals surface area contributed by atoms with E-state index in [1.54, 1.807) is 0 Å². The van der Waals surface area contributed by atoms with Crippen molar-refractivity contribution in [1.29, 1.82) is 0 Å². The molecular weight excluding hydrogens is 727 g/mol. The van der Waals surface area contributed by atoms with Crippen molar-refractivity contribution in [2.75, 3.05) is 4.90 Å². The van der Waals surface area contributed by atoms with Crippen molar-refractivity contribution >= 4 is 44.1 Å². The Morgan fingerprint density at radius 3 is 1.40 bits per heavy atom. The first-order valence-electron chi connectivity index (χ1n) is 20.5. The standard InChI is InChI=1S/C57H39N3/c1-5-17-40(18-6-1)42-31-35-49(36-32-42)59(50-37-33-43(34-38-50)48-30-29-41-19-13-14-26-47(41)39-48)57-52-28-16-15-27-51(52)56-53(44-20-7-2-8-21-44)54(45-22-9-3-10-23-45)58-60(56)55(57)46-24-11-4-12-25-46/h1-39H. The van der Waals surface area contributed by atoms with Gasteiger partial charge in [-0.05, 0) is 68.9 Å². The molecule has 0 saturated carbocycles. The molecule has 0 atom stereocenters. The lowest BCUT2D eigenvalue weighted by Gasteiger charge is -2.30. The molecule has 0 bridgehead atoms. The second kappa shape index (κ2) is 15.1. The smallest absolute Gasteiger partial charge is 0.101 e. The second-order valence-corrected chi connectivity index (χ2v) is 15.2. The first-order chi connectivity index (χ1) is 29.8. The molecule has 60 heavy (non-hydrogen) atoms. The van der Waals surface area contributed by atoms with Crippen LogP contribution in [0.5, 0.6) is 0 Å². The Kier molecular flexibility index (Phi) is 8.83. The molecule has 11 rings (SSSR count). The number of pyridine rings is 1. The number of aromatic nitrogens is 2. The van der Waals surface area contributed by atoms with Gasteiger partial charge in [-0.25, -0.2) is 4.52 Å². The van der Waals surface area contributed by atoms with E-state index in [2.05, 4.69) is 246 Å². The third-order valence-electron chi connectivity index (χ3n) is 11.6. The topological polar surface area (TPSA) is 20.5 Å². The second-order valence-electron chi connectivity index (χ2n) is 15.2. The van der Waals surface area contributed by atoms with Gasteiger partial charge in [0.15, 0.2) is 0 Å². The predicted octanol–water partition coefficient (Wildman–Crippen LogP) is 15.4. The highest BCUT2D eigenvalue weighted by Gasteiger charge is 2.28. The van der Waals surface area contributed by atoms with Gasteiger partial charge in [-0.1, -0.05) is 206 Å². The Bertz CT molecular complexity index is 3270. The number of fused-ring (bicyclic) bond motifs is 4. The summed E-state index contributed by atoms with van der Waals surface area (Å²) in [5.41, 5.74) is 15.3. The van der Waals surface area contributed by atoms with Crippen LogP contribution in [0.1, 0.15) is 0 Å². The van der Waals surface area contributed by atoms with Crippen molar-refractivity contribution in [3.05, 3.63) is 237 Å². The van der Waals surface area contributed by atoms with Crippen molar-refractivity contribution in [1.82, 2.24) is 9.61 Å². The molecule has 2 aromatic heterocycles. The lowest BCUT2D eigenvalue weighted by atomic mass is 9.95. The van der Waals surface area contributed by atoms with Crippen LogP contribution >= 0.6 is 0 Å². The summed E-state index contributed by atoms with van der Waals surface area (Å²) in [5, 5.41) is 10.4. The summed E-state index contributed by atoms with van der Waals surface area (Å²) in [5.74, 6) is 0. The van der Waals surface area contributed by atoms with E-state index in [4.69, 9.17) is 5.10 Å². The molecule has 0 spiro atoms. The number of hydrogen-bond donors (Lipinski definition) is 0. The van der Waals surface area contributed by atoms with Gasteiger partial charge in [-0.15, -0.1) is 0 Å². The summed E-state index contributed by atoms with van der Waals surface area (Å²) in [7, 11) is 0. The molecular formula is C57H39N3. The van der Waals surface area contributed by atoms with Crippen molar-refractivity contribution in [3.8, 4) is 55.9 Å². The SMILES string of the molecule is c1ccc(-c2ccc(N(c3ccc(-c4ccc5ccccc5c4)cc3)c3c(-c4ccccc4)n4nc(-c5ccccc5)c(-c5ccccc5)c4c4ccccc34)cc2)cc1. The molecule has 0 aliphatic rings. The minimum atomic E-state index is 0.944. The minimum absolute atomic E-state index is 0.944. The lowest BCUT2D eigenvalue weighted by molar-refractivity contribution is 0.976. The van der Waals surface area contributed by atoms with Gasteiger partial charge in [-0.3, -0.25) is 0 Å². The Morgan fingerprint density at radius 2 is 0.783 bits per heavy atom. The van der Waals surface area contributed by atoms with Crippen LogP contribution < -0.4 is 4.90 Å². The summed E-state index contributed by atoms with van der Waals surface area (Å²) in [6.45, 7) is 0. The first-order valence-corrected chi connectivity index (χ1v) is 20.5. The molecule has 0 unspecified atom stereocenters. The zero-order valence-corrected chi connectivity index (χ0v) is 32.9. The monoisotopic (exact) mass is 765 g/mol. The molecule has 0 aliphatic carbocycles. The van der Waals surface area contributed by atoms with Crippen LogP contribution in [-0.2, 0) is 0 Å². The normalized spacial score (nSPS) is 11.3. The third kappa shape index (κ3) is 6.21. The van der Waals surface area contributed by atoms with E-state index < -0.39 is 0 Å². The van der Waals surface area contributed by atoms with Gasteiger partial charge >= 0.3 is 0 Å². The fraction of sp³-hybridized carbons (Fsp3) is 0. The maximum absolute atomic E-state index is 5.64. The van der Waals surface area contributed by atoms with E-state index in [1.807, 2.05) is 0 Å². The van der Waals surface area contributed by atoms with Crippen LogP contribution in [-0.4, -0.2) is 9.61 Å². The van der Waals surface area contributed by atoms with Gasteiger partial charge in [0.05, 0.1) is 16.9 Å². The third-order valence-corrected chi connectivity index (χ3v) is 11.6. The maximum atomic E-state index is 5.64. The summed E-state index contributed by atoms with van der Waals surface area (Å²) in [6.07, 6.45) is 0. The largest absolute Gasteiger partial charge is 0.308 e. The van der Waals surface area contributed by atoms with E-state index in [1.165, 1.54) is 33.0 Å². The highest BCUT2D eigenvalue weighted by atomic mass is 15.3. The summed E-state index contributed by atoms with van der Waals surface area (Å²) < 4.78 is 2.21. The Balaban J connectivity index is 1.22. The van der Waals surface area contributed by atoms with Gasteiger partial charge in [-0.2, -0.15) is 5.10 Å². The lowest BCUT2D eigenvalue weighted by Crippen LogP contribution is -2.14. The average molecular weight is 766 g/mol. The molecule has 0 amide bonds. The quantitative estimate of drug-likeness (QED) is 0.154. The predicted molar refractivity (Wildman–Crippen MR) is 252 cm³/mol. The van der Waals surface area contributed by atoms with Gasteiger partial charge < -0.3 is 4.90 Å². The number of nitrogens with zero attached hydrogens (tertiary/aromatic N) is 3. The molecule has 0 saturated heterocycles.